The Morgan fingerprint density at radius 1 is 1.40 bits per heavy atom. The third-order valence-corrected chi connectivity index (χ3v) is 4.88. The minimum Gasteiger partial charge on any atom is -0.495 e. The quantitative estimate of drug-likeness (QED) is 0.914. The van der Waals surface area contributed by atoms with Crippen molar-refractivity contribution < 1.29 is 13.2 Å². The largest absolute Gasteiger partial charge is 0.495 e. The number of benzene rings is 1. The summed E-state index contributed by atoms with van der Waals surface area (Å²) < 4.78 is 31.0. The number of rotatable bonds is 5. The first-order valence-corrected chi connectivity index (χ1v) is 7.55. The summed E-state index contributed by atoms with van der Waals surface area (Å²) in [5, 5.41) is 6.76. The van der Waals surface area contributed by atoms with Crippen LogP contribution < -0.4 is 4.74 Å². The van der Waals surface area contributed by atoms with E-state index in [-0.39, 0.29) is 16.5 Å². The van der Waals surface area contributed by atoms with Gasteiger partial charge in [-0.25, -0.2) is 8.42 Å². The normalized spacial score (nSPS) is 11.8. The second-order valence-electron chi connectivity index (χ2n) is 4.14. The highest BCUT2D eigenvalue weighted by Crippen LogP contribution is 2.28. The number of halogens is 1. The molecule has 1 aromatic carbocycles. The van der Waals surface area contributed by atoms with Crippen molar-refractivity contribution in [1.82, 2.24) is 14.5 Å². The zero-order chi connectivity index (χ0) is 14.8. The summed E-state index contributed by atoms with van der Waals surface area (Å²) in [5.41, 5.74) is 0.704. The number of ether oxygens (including phenoxy) is 1. The molecule has 0 aliphatic rings. The van der Waals surface area contributed by atoms with Crippen LogP contribution in [0.5, 0.6) is 5.75 Å². The molecule has 0 fully saturated rings. The van der Waals surface area contributed by atoms with Gasteiger partial charge in [0.1, 0.15) is 5.75 Å². The predicted molar refractivity (Wildman–Crippen MR) is 75.2 cm³/mol. The maximum absolute atomic E-state index is 12.4. The van der Waals surface area contributed by atoms with Crippen LogP contribution in [0, 0.1) is 0 Å². The summed E-state index contributed by atoms with van der Waals surface area (Å²) in [5.74, 6) is 0.432. The summed E-state index contributed by atoms with van der Waals surface area (Å²) in [7, 11) is -0.651. The van der Waals surface area contributed by atoms with Crippen molar-refractivity contribution in [3.63, 3.8) is 0 Å². The molecule has 0 radical (unpaired) electrons. The first kappa shape index (κ1) is 14.8. The van der Waals surface area contributed by atoms with Crippen molar-refractivity contribution >= 4 is 21.6 Å². The van der Waals surface area contributed by atoms with E-state index < -0.39 is 10.0 Å². The summed E-state index contributed by atoms with van der Waals surface area (Å²) >= 11 is 5.96. The number of hydrogen-bond donors (Lipinski definition) is 1. The van der Waals surface area contributed by atoms with Crippen molar-refractivity contribution in [1.29, 1.82) is 0 Å². The molecule has 0 bridgehead atoms. The first-order chi connectivity index (χ1) is 9.45. The second kappa shape index (κ2) is 5.82. The molecule has 0 aliphatic heterocycles. The SMILES string of the molecule is COc1ccc(S(=O)(=O)N(C)Cc2ccn[nH]2)cc1Cl. The van der Waals surface area contributed by atoms with E-state index in [1.807, 2.05) is 0 Å². The molecule has 0 spiro atoms. The number of aromatic amines is 1. The lowest BCUT2D eigenvalue weighted by Gasteiger charge is -2.16. The van der Waals surface area contributed by atoms with E-state index >= 15 is 0 Å². The van der Waals surface area contributed by atoms with Gasteiger partial charge < -0.3 is 4.74 Å². The van der Waals surface area contributed by atoms with Crippen LogP contribution in [-0.4, -0.2) is 37.1 Å². The first-order valence-electron chi connectivity index (χ1n) is 5.73. The van der Waals surface area contributed by atoms with Crippen LogP contribution in [0.1, 0.15) is 5.69 Å². The molecule has 2 aromatic rings. The predicted octanol–water partition coefficient (Wildman–Crippen LogP) is 1.89. The fraction of sp³-hybridized carbons (Fsp3) is 0.250. The van der Waals surface area contributed by atoms with Crippen LogP contribution in [0.4, 0.5) is 0 Å². The maximum atomic E-state index is 12.4. The molecule has 108 valence electrons. The van der Waals surface area contributed by atoms with Crippen molar-refractivity contribution in [2.24, 2.45) is 0 Å². The topological polar surface area (TPSA) is 75.3 Å². The molecule has 0 unspecified atom stereocenters. The van der Waals surface area contributed by atoms with Gasteiger partial charge in [0, 0.05) is 13.2 Å². The van der Waals surface area contributed by atoms with E-state index in [2.05, 4.69) is 10.2 Å². The van der Waals surface area contributed by atoms with Gasteiger partial charge in [-0.3, -0.25) is 5.10 Å². The van der Waals surface area contributed by atoms with Gasteiger partial charge in [-0.1, -0.05) is 11.6 Å². The number of nitrogens with zero attached hydrogens (tertiary/aromatic N) is 2. The molecule has 0 saturated carbocycles. The van der Waals surface area contributed by atoms with Crippen LogP contribution in [0.2, 0.25) is 5.02 Å². The third-order valence-electron chi connectivity index (χ3n) is 2.78. The zero-order valence-electron chi connectivity index (χ0n) is 11.0. The molecule has 0 atom stereocenters. The number of methoxy groups -OCH3 is 1. The molecule has 1 heterocycles. The molecular weight excluding hydrogens is 302 g/mol. The molecule has 1 N–H and O–H groups in total. The summed E-state index contributed by atoms with van der Waals surface area (Å²) in [4.78, 5) is 0.116. The Morgan fingerprint density at radius 3 is 2.70 bits per heavy atom. The van der Waals surface area contributed by atoms with Crippen LogP contribution in [0.25, 0.3) is 0 Å². The van der Waals surface area contributed by atoms with E-state index in [0.717, 1.165) is 0 Å². The van der Waals surface area contributed by atoms with Gasteiger partial charge in [-0.2, -0.15) is 9.40 Å². The smallest absolute Gasteiger partial charge is 0.243 e. The average Bonchev–Trinajstić information content (AvgIpc) is 2.91. The monoisotopic (exact) mass is 315 g/mol. The molecule has 0 saturated heterocycles. The molecule has 6 nitrogen and oxygen atoms in total. The fourth-order valence-corrected chi connectivity index (χ4v) is 3.18. The van der Waals surface area contributed by atoms with Crippen molar-refractivity contribution in [3.05, 3.63) is 41.2 Å². The van der Waals surface area contributed by atoms with E-state index in [0.29, 0.717) is 11.4 Å². The Hall–Kier alpha value is -1.57. The van der Waals surface area contributed by atoms with Crippen molar-refractivity contribution in [2.45, 2.75) is 11.4 Å². The van der Waals surface area contributed by atoms with Crippen LogP contribution >= 0.6 is 11.6 Å². The van der Waals surface area contributed by atoms with Crippen LogP contribution in [-0.2, 0) is 16.6 Å². The number of hydrogen-bond acceptors (Lipinski definition) is 4. The highest BCUT2D eigenvalue weighted by molar-refractivity contribution is 7.89. The Kier molecular flexibility index (Phi) is 4.32. The molecule has 2 rings (SSSR count). The molecule has 20 heavy (non-hydrogen) atoms. The lowest BCUT2D eigenvalue weighted by molar-refractivity contribution is 0.414. The molecule has 0 aliphatic carbocycles. The van der Waals surface area contributed by atoms with Crippen LogP contribution in [0.15, 0.2) is 35.4 Å². The van der Waals surface area contributed by atoms with E-state index in [4.69, 9.17) is 16.3 Å². The van der Waals surface area contributed by atoms with E-state index in [9.17, 15) is 8.42 Å². The van der Waals surface area contributed by atoms with Gasteiger partial charge in [0.05, 0.1) is 29.3 Å². The molecule has 0 amide bonds. The Balaban J connectivity index is 2.27. The number of aromatic nitrogens is 2. The van der Waals surface area contributed by atoms with Gasteiger partial charge in [0.25, 0.3) is 0 Å². The summed E-state index contributed by atoms with van der Waals surface area (Å²) in [6.45, 7) is 0.200. The van der Waals surface area contributed by atoms with E-state index in [1.165, 1.54) is 36.7 Å². The van der Waals surface area contributed by atoms with Gasteiger partial charge in [0.15, 0.2) is 0 Å². The van der Waals surface area contributed by atoms with E-state index in [1.54, 1.807) is 12.3 Å². The maximum Gasteiger partial charge on any atom is 0.243 e. The summed E-state index contributed by atoms with van der Waals surface area (Å²) in [6, 6.07) is 6.08. The van der Waals surface area contributed by atoms with Gasteiger partial charge in [-0.05, 0) is 24.3 Å². The lowest BCUT2D eigenvalue weighted by Crippen LogP contribution is -2.26. The highest BCUT2D eigenvalue weighted by Gasteiger charge is 2.22. The minimum absolute atomic E-state index is 0.116. The zero-order valence-corrected chi connectivity index (χ0v) is 12.6. The number of H-pyrrole nitrogens is 1. The second-order valence-corrected chi connectivity index (χ2v) is 6.59. The Bertz CT molecular complexity index is 686. The van der Waals surface area contributed by atoms with Crippen LogP contribution in [0.3, 0.4) is 0 Å². The molecule has 1 aromatic heterocycles. The fourth-order valence-electron chi connectivity index (χ4n) is 1.69. The minimum atomic E-state index is -3.62. The third kappa shape index (κ3) is 2.95. The lowest BCUT2D eigenvalue weighted by atomic mass is 10.3. The van der Waals surface area contributed by atoms with Gasteiger partial charge in [-0.15, -0.1) is 0 Å². The Labute approximate surface area is 122 Å². The Morgan fingerprint density at radius 2 is 2.15 bits per heavy atom. The van der Waals surface area contributed by atoms with Crippen molar-refractivity contribution in [3.8, 4) is 5.75 Å². The number of nitrogens with one attached hydrogen (secondary N) is 1. The molecule has 8 heteroatoms. The molecular formula is C12H14ClN3O3S. The van der Waals surface area contributed by atoms with Crippen molar-refractivity contribution in [2.75, 3.05) is 14.2 Å². The average molecular weight is 316 g/mol. The number of sulfonamides is 1. The summed E-state index contributed by atoms with van der Waals surface area (Å²) in [6.07, 6.45) is 1.57. The standard InChI is InChI=1S/C12H14ClN3O3S/c1-16(8-9-5-6-14-15-9)20(17,18)10-3-4-12(19-2)11(13)7-10/h3-7H,8H2,1-2H3,(H,14,15). The van der Waals surface area contributed by atoms with Gasteiger partial charge >= 0.3 is 0 Å². The highest BCUT2D eigenvalue weighted by atomic mass is 35.5. The van der Waals surface area contributed by atoms with Gasteiger partial charge in [0.2, 0.25) is 10.0 Å².